The maximum absolute atomic E-state index is 11.4. The molecule has 0 unspecified atom stereocenters. The molecule has 0 atom stereocenters. The number of pyridine rings is 1. The zero-order chi connectivity index (χ0) is 11.3. The minimum absolute atomic E-state index is 0. The van der Waals surface area contributed by atoms with Crippen molar-refractivity contribution in [3.05, 3.63) is 30.1 Å². The summed E-state index contributed by atoms with van der Waals surface area (Å²) in [4.78, 5) is 11.4. The molecule has 1 heterocycles. The van der Waals surface area contributed by atoms with Gasteiger partial charge in [-0.1, -0.05) is 0 Å². The van der Waals surface area contributed by atoms with Gasteiger partial charge in [0.1, 0.15) is 0 Å². The molecule has 1 amide bonds. The van der Waals surface area contributed by atoms with Crippen molar-refractivity contribution in [3.8, 4) is 0 Å². The van der Waals surface area contributed by atoms with Crippen LogP contribution in [0.15, 0.2) is 29.6 Å². The third-order valence-corrected chi connectivity index (χ3v) is 1.74. The number of halogens is 1. The van der Waals surface area contributed by atoms with E-state index in [4.69, 9.17) is 0 Å². The lowest BCUT2D eigenvalue weighted by Crippen LogP contribution is -3.00. The van der Waals surface area contributed by atoms with Gasteiger partial charge in [0.25, 0.3) is 0 Å². The van der Waals surface area contributed by atoms with Gasteiger partial charge in [0.2, 0.25) is 6.54 Å². The molecule has 0 aliphatic carbocycles. The Labute approximate surface area is 102 Å². The molecule has 0 aliphatic rings. The lowest BCUT2D eigenvalue weighted by Gasteiger charge is -1.97. The molecule has 0 fully saturated rings. The summed E-state index contributed by atoms with van der Waals surface area (Å²) in [6.07, 6.45) is 3.77. The number of carbonyl (C=O) groups excluding carboxylic acids is 1. The molecule has 5 heteroatoms. The average Bonchev–Trinajstić information content (AvgIpc) is 2.15. The molecule has 88 valence electrons. The van der Waals surface area contributed by atoms with Gasteiger partial charge in [-0.05, 0) is 26.8 Å². The van der Waals surface area contributed by atoms with Crippen LogP contribution >= 0.6 is 0 Å². The maximum atomic E-state index is 11.4. The largest absolute Gasteiger partial charge is 1.00 e. The summed E-state index contributed by atoms with van der Waals surface area (Å²) in [5.41, 5.74) is 4.43. The minimum Gasteiger partial charge on any atom is -1.00 e. The first-order valence-electron chi connectivity index (χ1n) is 4.83. The fourth-order valence-corrected chi connectivity index (χ4v) is 1.13. The summed E-state index contributed by atoms with van der Waals surface area (Å²) >= 11 is 0. The van der Waals surface area contributed by atoms with E-state index in [9.17, 15) is 4.79 Å². The molecule has 4 nitrogen and oxygen atoms in total. The lowest BCUT2D eigenvalue weighted by molar-refractivity contribution is -0.684. The van der Waals surface area contributed by atoms with Gasteiger partial charge in [-0.15, -0.1) is 0 Å². The van der Waals surface area contributed by atoms with Gasteiger partial charge in [0.05, 0.1) is 0 Å². The van der Waals surface area contributed by atoms with Crippen LogP contribution in [-0.2, 0) is 11.3 Å². The van der Waals surface area contributed by atoms with Gasteiger partial charge in [0.15, 0.2) is 12.4 Å². The number of hydrogen-bond donors (Lipinski definition) is 1. The molecular weight excluding hydrogens is 226 g/mol. The Morgan fingerprint density at radius 3 is 2.75 bits per heavy atom. The molecule has 0 aromatic carbocycles. The van der Waals surface area contributed by atoms with Crippen LogP contribution in [0.1, 0.15) is 19.4 Å². The van der Waals surface area contributed by atoms with E-state index < -0.39 is 0 Å². The van der Waals surface area contributed by atoms with E-state index in [1.54, 1.807) is 0 Å². The summed E-state index contributed by atoms with van der Waals surface area (Å²) in [6, 6.07) is 3.90. The summed E-state index contributed by atoms with van der Waals surface area (Å²) in [5.74, 6) is -0.119. The van der Waals surface area contributed by atoms with E-state index >= 15 is 0 Å². The number of nitrogens with zero attached hydrogens (tertiary/aromatic N) is 2. The van der Waals surface area contributed by atoms with Crippen molar-refractivity contribution in [3.63, 3.8) is 0 Å². The van der Waals surface area contributed by atoms with E-state index in [0.29, 0.717) is 6.54 Å². The number of aromatic nitrogens is 1. The standard InChI is InChI=1S/C11H15N3O.ClH/c1-9(2)12-13-11(15)8-14-6-4-5-10(3)7-14;/h4-7H,8H2,1-3H3;1H. The number of rotatable bonds is 3. The van der Waals surface area contributed by atoms with Crippen LogP contribution in [0, 0.1) is 6.92 Å². The molecule has 1 N–H and O–H groups in total. The molecular formula is C11H16ClN3O. The molecule has 16 heavy (non-hydrogen) atoms. The number of carbonyl (C=O) groups is 1. The first kappa shape index (κ1) is 14.6. The second-order valence-electron chi connectivity index (χ2n) is 3.65. The van der Waals surface area contributed by atoms with E-state index in [1.165, 1.54) is 0 Å². The maximum Gasteiger partial charge on any atom is 0.305 e. The first-order valence-corrected chi connectivity index (χ1v) is 4.83. The van der Waals surface area contributed by atoms with Crippen LogP contribution in [0.4, 0.5) is 0 Å². The monoisotopic (exact) mass is 241 g/mol. The van der Waals surface area contributed by atoms with Gasteiger partial charge >= 0.3 is 5.91 Å². The number of hydrogen-bond acceptors (Lipinski definition) is 2. The number of hydrazone groups is 1. The number of aryl methyl sites for hydroxylation is 1. The topological polar surface area (TPSA) is 45.3 Å². The molecule has 1 aromatic rings. The predicted molar refractivity (Wildman–Crippen MR) is 58.3 cm³/mol. The first-order chi connectivity index (χ1) is 7.08. The lowest BCUT2D eigenvalue weighted by atomic mass is 10.3. The van der Waals surface area contributed by atoms with Crippen molar-refractivity contribution >= 4 is 11.6 Å². The van der Waals surface area contributed by atoms with Crippen molar-refractivity contribution in [2.24, 2.45) is 5.10 Å². The third-order valence-electron chi connectivity index (χ3n) is 1.74. The summed E-state index contributed by atoms with van der Waals surface area (Å²) in [7, 11) is 0. The van der Waals surface area contributed by atoms with Crippen LogP contribution < -0.4 is 22.4 Å². The highest BCUT2D eigenvalue weighted by molar-refractivity contribution is 5.81. The van der Waals surface area contributed by atoms with Gasteiger partial charge in [0, 0.05) is 17.3 Å². The van der Waals surface area contributed by atoms with E-state index in [2.05, 4.69) is 10.5 Å². The van der Waals surface area contributed by atoms with Crippen molar-refractivity contribution in [2.45, 2.75) is 27.3 Å². The Kier molecular flexibility index (Phi) is 6.34. The molecule has 0 saturated heterocycles. The van der Waals surface area contributed by atoms with Crippen LogP contribution in [0.25, 0.3) is 0 Å². The van der Waals surface area contributed by atoms with E-state index in [1.807, 2.05) is 49.9 Å². The van der Waals surface area contributed by atoms with Gasteiger partial charge in [-0.3, -0.25) is 4.79 Å². The quantitative estimate of drug-likeness (QED) is 0.364. The average molecular weight is 242 g/mol. The van der Waals surface area contributed by atoms with Gasteiger partial charge in [-0.2, -0.15) is 9.67 Å². The number of amides is 1. The molecule has 0 aliphatic heterocycles. The predicted octanol–water partition coefficient (Wildman–Crippen LogP) is -2.20. The highest BCUT2D eigenvalue weighted by atomic mass is 35.5. The summed E-state index contributed by atoms with van der Waals surface area (Å²) in [6.45, 7) is 5.95. The highest BCUT2D eigenvalue weighted by Gasteiger charge is 2.07. The normalized spacial score (nSPS) is 8.94. The fourth-order valence-electron chi connectivity index (χ4n) is 1.13. The smallest absolute Gasteiger partial charge is 0.305 e. The molecule has 1 rings (SSSR count). The molecule has 0 bridgehead atoms. The Morgan fingerprint density at radius 2 is 2.19 bits per heavy atom. The van der Waals surface area contributed by atoms with Crippen molar-refractivity contribution in [2.75, 3.05) is 0 Å². The molecule has 0 saturated carbocycles. The van der Waals surface area contributed by atoms with Crippen LogP contribution in [0.2, 0.25) is 0 Å². The van der Waals surface area contributed by atoms with Crippen LogP contribution in [0.3, 0.4) is 0 Å². The van der Waals surface area contributed by atoms with Crippen molar-refractivity contribution in [1.82, 2.24) is 5.43 Å². The minimum atomic E-state index is -0.119. The Hall–Kier alpha value is -1.42. The van der Waals surface area contributed by atoms with Crippen molar-refractivity contribution in [1.29, 1.82) is 0 Å². The van der Waals surface area contributed by atoms with E-state index in [-0.39, 0.29) is 18.3 Å². The number of nitrogens with one attached hydrogen (secondary N) is 1. The molecule has 1 aromatic heterocycles. The third kappa shape index (κ3) is 5.46. The van der Waals surface area contributed by atoms with Gasteiger partial charge < -0.3 is 12.4 Å². The Bertz CT molecular complexity index is 387. The second kappa shape index (κ2) is 6.95. The van der Waals surface area contributed by atoms with Crippen molar-refractivity contribution < 1.29 is 21.8 Å². The second-order valence-corrected chi connectivity index (χ2v) is 3.65. The van der Waals surface area contributed by atoms with Crippen LogP contribution in [-0.4, -0.2) is 11.6 Å². The van der Waals surface area contributed by atoms with Crippen LogP contribution in [0.5, 0.6) is 0 Å². The zero-order valence-corrected chi connectivity index (χ0v) is 10.5. The Balaban J connectivity index is 0.00000225. The molecule has 0 radical (unpaired) electrons. The van der Waals surface area contributed by atoms with Gasteiger partial charge in [-0.25, -0.2) is 5.43 Å². The Morgan fingerprint density at radius 1 is 1.50 bits per heavy atom. The summed E-state index contributed by atoms with van der Waals surface area (Å²) < 4.78 is 1.82. The fraction of sp³-hybridized carbons (Fsp3) is 0.364. The summed E-state index contributed by atoms with van der Waals surface area (Å²) in [5, 5.41) is 3.85. The zero-order valence-electron chi connectivity index (χ0n) is 9.70. The molecule has 0 spiro atoms. The highest BCUT2D eigenvalue weighted by Crippen LogP contribution is 1.88. The van der Waals surface area contributed by atoms with E-state index in [0.717, 1.165) is 11.3 Å². The SMILES string of the molecule is CC(C)=NNC(=O)C[n+]1cccc(C)c1.[Cl-].